The van der Waals surface area contributed by atoms with E-state index in [9.17, 15) is 9.59 Å². The van der Waals surface area contributed by atoms with Crippen molar-refractivity contribution >= 4 is 18.0 Å². The molecule has 0 spiro atoms. The number of esters is 2. The lowest BCUT2D eigenvalue weighted by Crippen LogP contribution is -2.13. The van der Waals surface area contributed by atoms with Crippen LogP contribution in [-0.2, 0) is 14.9 Å². The van der Waals surface area contributed by atoms with Crippen LogP contribution in [0.2, 0.25) is 0 Å². The van der Waals surface area contributed by atoms with E-state index in [4.69, 9.17) is 10.00 Å². The van der Waals surface area contributed by atoms with E-state index in [1.165, 1.54) is 13.2 Å². The van der Waals surface area contributed by atoms with Crippen molar-refractivity contribution in [2.75, 3.05) is 7.11 Å². The largest absolute Gasteiger partial charge is 0.465 e. The Labute approximate surface area is 158 Å². The second-order valence-corrected chi connectivity index (χ2v) is 6.95. The van der Waals surface area contributed by atoms with Gasteiger partial charge in [0.05, 0.1) is 12.7 Å². The number of nitriles is 1. The van der Waals surface area contributed by atoms with Crippen molar-refractivity contribution in [2.45, 2.75) is 26.2 Å². The first-order valence-electron chi connectivity index (χ1n) is 8.37. The van der Waals surface area contributed by atoms with E-state index >= 15 is 0 Å². The van der Waals surface area contributed by atoms with Gasteiger partial charge in [-0.15, -0.1) is 0 Å². The molecule has 2 rings (SSSR count). The predicted octanol–water partition coefficient (Wildman–Crippen LogP) is 4.28. The number of rotatable bonds is 4. The zero-order valence-corrected chi connectivity index (χ0v) is 15.8. The number of hydrogen-bond acceptors (Lipinski definition) is 5. The minimum Gasteiger partial charge on any atom is -0.465 e. The Kier molecular flexibility index (Phi) is 6.15. The molecule has 0 heterocycles. The first kappa shape index (κ1) is 19.9. The first-order chi connectivity index (χ1) is 12.7. The molecule has 0 saturated heterocycles. The molecule has 27 heavy (non-hydrogen) atoms. The van der Waals surface area contributed by atoms with Crippen LogP contribution in [0.3, 0.4) is 0 Å². The van der Waals surface area contributed by atoms with Gasteiger partial charge in [0.15, 0.2) is 0 Å². The standard InChI is InChI=1S/C22H21NO4/c1-22(2,3)18-10-8-16(9-11-18)21(25)27-19-7-5-6-15(13-19)12-17(14-23)20(24)26-4/h5-13H,1-4H3/b17-12+. The maximum Gasteiger partial charge on any atom is 0.348 e. The van der Waals surface area contributed by atoms with E-state index in [0.29, 0.717) is 16.9 Å². The van der Waals surface area contributed by atoms with Gasteiger partial charge in [0.25, 0.3) is 0 Å². The molecule has 2 aromatic rings. The van der Waals surface area contributed by atoms with E-state index in [1.807, 2.05) is 12.1 Å². The first-order valence-corrected chi connectivity index (χ1v) is 8.37. The van der Waals surface area contributed by atoms with Crippen LogP contribution in [0, 0.1) is 11.3 Å². The summed E-state index contributed by atoms with van der Waals surface area (Å²) >= 11 is 0. The van der Waals surface area contributed by atoms with Crippen LogP contribution in [-0.4, -0.2) is 19.0 Å². The van der Waals surface area contributed by atoms with Crippen LogP contribution < -0.4 is 4.74 Å². The summed E-state index contributed by atoms with van der Waals surface area (Å²) in [5.74, 6) is -0.889. The summed E-state index contributed by atoms with van der Waals surface area (Å²) in [5.41, 5.74) is 1.97. The van der Waals surface area contributed by atoms with Crippen LogP contribution >= 0.6 is 0 Å². The molecule has 0 radical (unpaired) electrons. The average molecular weight is 363 g/mol. The van der Waals surface area contributed by atoms with Crippen LogP contribution in [0.25, 0.3) is 6.08 Å². The molecule has 0 saturated carbocycles. The summed E-state index contributed by atoms with van der Waals surface area (Å²) in [6.07, 6.45) is 1.38. The lowest BCUT2D eigenvalue weighted by Gasteiger charge is -2.18. The summed E-state index contributed by atoms with van der Waals surface area (Å²) in [6, 6.07) is 15.6. The number of nitrogens with zero attached hydrogens (tertiary/aromatic N) is 1. The topological polar surface area (TPSA) is 76.4 Å². The highest BCUT2D eigenvalue weighted by Crippen LogP contribution is 2.23. The zero-order valence-electron chi connectivity index (χ0n) is 15.8. The average Bonchev–Trinajstić information content (AvgIpc) is 2.65. The molecule has 0 amide bonds. The highest BCUT2D eigenvalue weighted by atomic mass is 16.5. The smallest absolute Gasteiger partial charge is 0.348 e. The van der Waals surface area contributed by atoms with Crippen LogP contribution in [0.4, 0.5) is 0 Å². The Morgan fingerprint density at radius 3 is 2.30 bits per heavy atom. The van der Waals surface area contributed by atoms with Crippen molar-refractivity contribution in [1.82, 2.24) is 0 Å². The van der Waals surface area contributed by atoms with E-state index < -0.39 is 11.9 Å². The van der Waals surface area contributed by atoms with Gasteiger partial charge in [0.1, 0.15) is 17.4 Å². The van der Waals surface area contributed by atoms with Gasteiger partial charge in [-0.05, 0) is 46.9 Å². The minimum absolute atomic E-state index is 0.00118. The summed E-state index contributed by atoms with van der Waals surface area (Å²) < 4.78 is 9.95. The molecule has 5 nitrogen and oxygen atoms in total. The Balaban J connectivity index is 2.18. The van der Waals surface area contributed by atoms with E-state index in [0.717, 1.165) is 5.56 Å². The molecular weight excluding hydrogens is 342 g/mol. The van der Waals surface area contributed by atoms with Crippen LogP contribution in [0.15, 0.2) is 54.1 Å². The molecule has 0 aliphatic rings. The van der Waals surface area contributed by atoms with Gasteiger partial charge in [-0.3, -0.25) is 0 Å². The molecule has 5 heteroatoms. The van der Waals surface area contributed by atoms with Crippen molar-refractivity contribution in [1.29, 1.82) is 5.26 Å². The second-order valence-electron chi connectivity index (χ2n) is 6.95. The molecular formula is C22H21NO4. The normalized spacial score (nSPS) is 11.4. The van der Waals surface area contributed by atoms with Gasteiger partial charge in [-0.1, -0.05) is 45.0 Å². The Bertz CT molecular complexity index is 913. The molecule has 0 aliphatic heterocycles. The van der Waals surface area contributed by atoms with Gasteiger partial charge < -0.3 is 9.47 Å². The third-order valence-electron chi connectivity index (χ3n) is 3.89. The number of carbonyl (C=O) groups excluding carboxylic acids is 2. The molecule has 0 atom stereocenters. The minimum atomic E-state index is -0.723. The SMILES string of the molecule is COC(=O)/C(C#N)=C/c1cccc(OC(=O)c2ccc(C(C)(C)C)cc2)c1. The summed E-state index contributed by atoms with van der Waals surface area (Å²) in [7, 11) is 1.21. The van der Waals surface area contributed by atoms with Gasteiger partial charge in [0.2, 0.25) is 0 Å². The Morgan fingerprint density at radius 1 is 1.07 bits per heavy atom. The zero-order chi connectivity index (χ0) is 20.0. The molecule has 138 valence electrons. The van der Waals surface area contributed by atoms with Gasteiger partial charge in [-0.25, -0.2) is 9.59 Å². The maximum absolute atomic E-state index is 12.4. The summed E-state index contributed by atoms with van der Waals surface area (Å²) in [4.78, 5) is 23.8. The highest BCUT2D eigenvalue weighted by Gasteiger charge is 2.15. The lowest BCUT2D eigenvalue weighted by atomic mass is 9.87. The molecule has 0 aromatic heterocycles. The number of ether oxygens (including phenoxy) is 2. The Hall–Kier alpha value is -3.39. The van der Waals surface area contributed by atoms with Crippen molar-refractivity contribution in [3.8, 4) is 11.8 Å². The summed E-state index contributed by atoms with van der Waals surface area (Å²) in [5, 5.41) is 9.03. The van der Waals surface area contributed by atoms with Crippen molar-refractivity contribution in [3.05, 3.63) is 70.8 Å². The van der Waals surface area contributed by atoms with Crippen molar-refractivity contribution in [3.63, 3.8) is 0 Å². The predicted molar refractivity (Wildman–Crippen MR) is 102 cm³/mol. The monoisotopic (exact) mass is 363 g/mol. The molecule has 0 N–H and O–H groups in total. The quantitative estimate of drug-likeness (QED) is 0.351. The van der Waals surface area contributed by atoms with E-state index in [2.05, 4.69) is 25.5 Å². The fourth-order valence-corrected chi connectivity index (χ4v) is 2.35. The van der Waals surface area contributed by atoms with Crippen LogP contribution in [0.1, 0.15) is 42.3 Å². The molecule has 2 aromatic carbocycles. The van der Waals surface area contributed by atoms with Crippen molar-refractivity contribution < 1.29 is 19.1 Å². The number of carbonyl (C=O) groups is 2. The number of methoxy groups -OCH3 is 1. The second kappa shape index (κ2) is 8.33. The van der Waals surface area contributed by atoms with Gasteiger partial charge in [-0.2, -0.15) is 5.26 Å². The van der Waals surface area contributed by atoms with E-state index in [-0.39, 0.29) is 11.0 Å². The molecule has 0 aliphatic carbocycles. The highest BCUT2D eigenvalue weighted by molar-refractivity contribution is 5.98. The molecule has 0 bridgehead atoms. The fourth-order valence-electron chi connectivity index (χ4n) is 2.35. The third kappa shape index (κ3) is 5.29. The lowest BCUT2D eigenvalue weighted by molar-refractivity contribution is -0.135. The Morgan fingerprint density at radius 2 is 1.74 bits per heavy atom. The fraction of sp³-hybridized carbons (Fsp3) is 0.227. The van der Waals surface area contributed by atoms with Crippen LogP contribution in [0.5, 0.6) is 5.75 Å². The number of benzene rings is 2. The van der Waals surface area contributed by atoms with Crippen molar-refractivity contribution in [2.24, 2.45) is 0 Å². The third-order valence-corrected chi connectivity index (χ3v) is 3.89. The summed E-state index contributed by atoms with van der Waals surface area (Å²) in [6.45, 7) is 6.30. The van der Waals surface area contributed by atoms with Gasteiger partial charge in [0, 0.05) is 0 Å². The number of hydrogen-bond donors (Lipinski definition) is 0. The molecule has 0 unspecified atom stereocenters. The molecule has 0 fully saturated rings. The van der Waals surface area contributed by atoms with E-state index in [1.54, 1.807) is 42.5 Å². The maximum atomic E-state index is 12.4. The van der Waals surface area contributed by atoms with Gasteiger partial charge >= 0.3 is 11.9 Å².